The lowest BCUT2D eigenvalue weighted by atomic mass is 9.76. The summed E-state index contributed by atoms with van der Waals surface area (Å²) >= 11 is 0. The predicted molar refractivity (Wildman–Crippen MR) is 81.5 cm³/mol. The first-order chi connectivity index (χ1) is 9.05. The molecular formula is C17H27NO. The topological polar surface area (TPSA) is 21.3 Å². The van der Waals surface area contributed by atoms with E-state index in [4.69, 9.17) is 4.74 Å². The van der Waals surface area contributed by atoms with E-state index in [1.54, 1.807) is 0 Å². The Balaban J connectivity index is 1.69. The maximum Gasteiger partial charge on any atom is 0.0723 e. The van der Waals surface area contributed by atoms with Crippen molar-refractivity contribution in [2.45, 2.75) is 58.7 Å². The molecule has 1 atom stereocenters. The van der Waals surface area contributed by atoms with E-state index in [0.717, 1.165) is 6.54 Å². The van der Waals surface area contributed by atoms with Gasteiger partial charge in [-0.1, -0.05) is 32.0 Å². The van der Waals surface area contributed by atoms with Gasteiger partial charge >= 0.3 is 0 Å². The van der Waals surface area contributed by atoms with Gasteiger partial charge in [0.05, 0.1) is 12.2 Å². The predicted octanol–water partition coefficient (Wildman–Crippen LogP) is 4.47. The van der Waals surface area contributed by atoms with Gasteiger partial charge in [-0.2, -0.15) is 0 Å². The number of rotatable bonds is 5. The van der Waals surface area contributed by atoms with Crippen LogP contribution in [-0.2, 0) is 4.74 Å². The van der Waals surface area contributed by atoms with E-state index in [2.05, 4.69) is 50.4 Å². The lowest BCUT2D eigenvalue weighted by Gasteiger charge is -2.35. The molecule has 0 bridgehead atoms. The molecule has 1 unspecified atom stereocenters. The number of nitrogens with one attached hydrogen (secondary N) is 1. The fourth-order valence-corrected chi connectivity index (χ4v) is 2.70. The minimum atomic E-state index is 0.270. The Labute approximate surface area is 117 Å². The van der Waals surface area contributed by atoms with Crippen LogP contribution in [0.15, 0.2) is 30.3 Å². The smallest absolute Gasteiger partial charge is 0.0723 e. The number of benzene rings is 1. The van der Waals surface area contributed by atoms with Crippen molar-refractivity contribution in [2.24, 2.45) is 5.41 Å². The molecule has 1 aliphatic carbocycles. The lowest BCUT2D eigenvalue weighted by molar-refractivity contribution is -0.0319. The number of hydrogen-bond donors (Lipinski definition) is 1. The summed E-state index contributed by atoms with van der Waals surface area (Å²) in [7, 11) is 0. The summed E-state index contributed by atoms with van der Waals surface area (Å²) in [6, 6.07) is 10.3. The van der Waals surface area contributed by atoms with Crippen LogP contribution in [0.25, 0.3) is 0 Å². The average Bonchev–Trinajstić information content (AvgIpc) is 2.40. The van der Waals surface area contributed by atoms with E-state index in [0.29, 0.717) is 11.5 Å². The molecule has 19 heavy (non-hydrogen) atoms. The second-order valence-electron chi connectivity index (χ2n) is 6.56. The monoisotopic (exact) mass is 261 g/mol. The highest BCUT2D eigenvalue weighted by Crippen LogP contribution is 2.36. The maximum absolute atomic E-state index is 6.14. The first-order valence-electron chi connectivity index (χ1n) is 7.49. The summed E-state index contributed by atoms with van der Waals surface area (Å²) in [4.78, 5) is 0. The van der Waals surface area contributed by atoms with E-state index >= 15 is 0 Å². The normalized spacial score (nSPS) is 21.0. The number of anilines is 1. The first-order valence-corrected chi connectivity index (χ1v) is 7.49. The standard InChI is InChI=1S/C17H27NO/c1-14(13-18-15-7-5-4-6-8-15)19-16-9-11-17(2,3)12-10-16/h4-8,14,16,18H,9-13H2,1-3H3. The fraction of sp³-hybridized carbons (Fsp3) is 0.647. The van der Waals surface area contributed by atoms with Crippen molar-refractivity contribution in [1.82, 2.24) is 0 Å². The molecule has 1 aromatic carbocycles. The van der Waals surface area contributed by atoms with Gasteiger partial charge in [-0.05, 0) is 50.2 Å². The third-order valence-corrected chi connectivity index (χ3v) is 4.08. The summed E-state index contributed by atoms with van der Waals surface area (Å²) < 4.78 is 6.14. The molecule has 0 aliphatic heterocycles. The van der Waals surface area contributed by atoms with Crippen molar-refractivity contribution >= 4 is 5.69 Å². The average molecular weight is 261 g/mol. The molecule has 0 heterocycles. The summed E-state index contributed by atoms with van der Waals surface area (Å²) in [6.07, 6.45) is 5.73. The number of hydrogen-bond acceptors (Lipinski definition) is 2. The van der Waals surface area contributed by atoms with Crippen molar-refractivity contribution in [3.8, 4) is 0 Å². The molecule has 2 heteroatoms. The molecular weight excluding hydrogens is 234 g/mol. The highest BCUT2D eigenvalue weighted by atomic mass is 16.5. The van der Waals surface area contributed by atoms with Gasteiger partial charge in [-0.15, -0.1) is 0 Å². The molecule has 1 fully saturated rings. The zero-order valence-electron chi connectivity index (χ0n) is 12.5. The fourth-order valence-electron chi connectivity index (χ4n) is 2.70. The van der Waals surface area contributed by atoms with E-state index in [-0.39, 0.29) is 6.10 Å². The van der Waals surface area contributed by atoms with Crippen LogP contribution in [0.4, 0.5) is 5.69 Å². The van der Waals surface area contributed by atoms with Crippen LogP contribution in [0.2, 0.25) is 0 Å². The molecule has 1 saturated carbocycles. The Morgan fingerprint density at radius 3 is 2.47 bits per heavy atom. The lowest BCUT2D eigenvalue weighted by Crippen LogP contribution is -2.31. The maximum atomic E-state index is 6.14. The molecule has 1 aromatic rings. The minimum absolute atomic E-state index is 0.270. The van der Waals surface area contributed by atoms with Gasteiger partial charge in [0.2, 0.25) is 0 Å². The van der Waals surface area contributed by atoms with Crippen LogP contribution in [0, 0.1) is 5.41 Å². The largest absolute Gasteiger partial charge is 0.382 e. The van der Waals surface area contributed by atoms with Gasteiger partial charge in [0.25, 0.3) is 0 Å². The quantitative estimate of drug-likeness (QED) is 0.844. The van der Waals surface area contributed by atoms with Gasteiger partial charge in [0, 0.05) is 12.2 Å². The van der Waals surface area contributed by atoms with Gasteiger partial charge in [-0.25, -0.2) is 0 Å². The SMILES string of the molecule is CC(CNc1ccccc1)OC1CCC(C)(C)CC1. The van der Waals surface area contributed by atoms with E-state index in [1.165, 1.54) is 31.4 Å². The number of para-hydroxylation sites is 1. The van der Waals surface area contributed by atoms with Crippen LogP contribution < -0.4 is 5.32 Å². The van der Waals surface area contributed by atoms with Gasteiger partial charge in [0.15, 0.2) is 0 Å². The van der Waals surface area contributed by atoms with Crippen LogP contribution in [0.5, 0.6) is 0 Å². The molecule has 0 amide bonds. The van der Waals surface area contributed by atoms with E-state index in [1.807, 2.05) is 6.07 Å². The Morgan fingerprint density at radius 1 is 1.21 bits per heavy atom. The van der Waals surface area contributed by atoms with Crippen LogP contribution >= 0.6 is 0 Å². The van der Waals surface area contributed by atoms with Gasteiger partial charge in [-0.3, -0.25) is 0 Å². The Morgan fingerprint density at radius 2 is 1.84 bits per heavy atom. The van der Waals surface area contributed by atoms with Crippen LogP contribution in [0.1, 0.15) is 46.5 Å². The summed E-state index contributed by atoms with van der Waals surface area (Å²) in [5.41, 5.74) is 1.69. The zero-order chi connectivity index (χ0) is 13.7. The second-order valence-corrected chi connectivity index (χ2v) is 6.56. The molecule has 0 saturated heterocycles. The van der Waals surface area contributed by atoms with Crippen molar-refractivity contribution in [3.05, 3.63) is 30.3 Å². The Kier molecular flexibility index (Phi) is 4.87. The highest BCUT2D eigenvalue weighted by Gasteiger charge is 2.27. The molecule has 0 aromatic heterocycles. The number of ether oxygens (including phenoxy) is 1. The van der Waals surface area contributed by atoms with Crippen molar-refractivity contribution < 1.29 is 4.74 Å². The third kappa shape index (κ3) is 4.87. The molecule has 1 N–H and O–H groups in total. The summed E-state index contributed by atoms with van der Waals surface area (Å²) in [5.74, 6) is 0. The van der Waals surface area contributed by atoms with Gasteiger partial charge < -0.3 is 10.1 Å². The third-order valence-electron chi connectivity index (χ3n) is 4.08. The highest BCUT2D eigenvalue weighted by molar-refractivity contribution is 5.42. The molecule has 2 rings (SSSR count). The van der Waals surface area contributed by atoms with E-state index in [9.17, 15) is 0 Å². The molecule has 1 aliphatic rings. The van der Waals surface area contributed by atoms with Crippen LogP contribution in [-0.4, -0.2) is 18.8 Å². The van der Waals surface area contributed by atoms with Crippen molar-refractivity contribution in [2.75, 3.05) is 11.9 Å². The summed E-state index contributed by atoms with van der Waals surface area (Å²) in [5, 5.41) is 3.43. The van der Waals surface area contributed by atoms with Gasteiger partial charge in [0.1, 0.15) is 0 Å². The summed E-state index contributed by atoms with van der Waals surface area (Å²) in [6.45, 7) is 7.77. The van der Waals surface area contributed by atoms with Crippen LogP contribution in [0.3, 0.4) is 0 Å². The Bertz CT molecular complexity index is 364. The second kappa shape index (κ2) is 6.42. The molecule has 106 valence electrons. The molecule has 0 spiro atoms. The molecule has 2 nitrogen and oxygen atoms in total. The molecule has 0 radical (unpaired) electrons. The Hall–Kier alpha value is -1.02. The van der Waals surface area contributed by atoms with Crippen molar-refractivity contribution in [1.29, 1.82) is 0 Å². The minimum Gasteiger partial charge on any atom is -0.382 e. The van der Waals surface area contributed by atoms with E-state index < -0.39 is 0 Å². The zero-order valence-corrected chi connectivity index (χ0v) is 12.5. The first kappa shape index (κ1) is 14.4. The van der Waals surface area contributed by atoms with Crippen molar-refractivity contribution in [3.63, 3.8) is 0 Å².